The molecule has 4 aliphatic carbocycles. The van der Waals surface area contributed by atoms with Crippen molar-refractivity contribution in [1.82, 2.24) is 10.3 Å². The number of rotatable bonds is 6. The van der Waals surface area contributed by atoms with Gasteiger partial charge in [0.1, 0.15) is 4.88 Å². The number of carbonyl (C=O) groups excluding carboxylic acids is 1. The lowest BCUT2D eigenvalue weighted by Gasteiger charge is -2.57. The van der Waals surface area contributed by atoms with Gasteiger partial charge in [0.15, 0.2) is 4.34 Å². The van der Waals surface area contributed by atoms with Gasteiger partial charge >= 0.3 is 0 Å². The summed E-state index contributed by atoms with van der Waals surface area (Å²) in [4.78, 5) is 17.0. The van der Waals surface area contributed by atoms with Crippen molar-refractivity contribution in [3.63, 3.8) is 0 Å². The van der Waals surface area contributed by atoms with E-state index >= 15 is 0 Å². The number of thiazole rings is 1. The molecule has 1 unspecified atom stereocenters. The van der Waals surface area contributed by atoms with E-state index in [2.05, 4.69) is 10.3 Å². The summed E-state index contributed by atoms with van der Waals surface area (Å²) >= 11 is 1.26. The van der Waals surface area contributed by atoms with Crippen LogP contribution in [0.3, 0.4) is 0 Å². The molecule has 4 nitrogen and oxygen atoms in total. The van der Waals surface area contributed by atoms with Gasteiger partial charge in [0.05, 0.1) is 17.0 Å². The van der Waals surface area contributed by atoms with Gasteiger partial charge in [-0.2, -0.15) is 0 Å². The molecule has 0 aromatic carbocycles. The highest BCUT2D eigenvalue weighted by molar-refractivity contribution is 7.87. The Labute approximate surface area is 150 Å². The van der Waals surface area contributed by atoms with Gasteiger partial charge < -0.3 is 5.32 Å². The summed E-state index contributed by atoms with van der Waals surface area (Å²) in [5, 5.41) is 3.08. The molecule has 1 amide bonds. The SMILES string of the molecule is CCS(=O)c1ncc(C(=O)NCCC23CC4CC(CC(C4)C2)C3)s1. The molecule has 5 rings (SSSR count). The van der Waals surface area contributed by atoms with Gasteiger partial charge in [-0.3, -0.25) is 9.00 Å². The first-order valence-corrected chi connectivity index (χ1v) is 11.3. The highest BCUT2D eigenvalue weighted by atomic mass is 32.2. The number of aromatic nitrogens is 1. The zero-order chi connectivity index (χ0) is 16.7. The van der Waals surface area contributed by atoms with E-state index in [-0.39, 0.29) is 5.91 Å². The lowest BCUT2D eigenvalue weighted by molar-refractivity contribution is -0.0564. The summed E-state index contributed by atoms with van der Waals surface area (Å²) in [6.07, 6.45) is 11.2. The molecule has 132 valence electrons. The maximum Gasteiger partial charge on any atom is 0.263 e. The van der Waals surface area contributed by atoms with Crippen LogP contribution in [0.1, 0.15) is 61.5 Å². The van der Waals surface area contributed by atoms with Crippen molar-refractivity contribution in [3.05, 3.63) is 11.1 Å². The summed E-state index contributed by atoms with van der Waals surface area (Å²) in [6.45, 7) is 2.62. The van der Waals surface area contributed by atoms with E-state index in [0.29, 0.717) is 20.4 Å². The summed E-state index contributed by atoms with van der Waals surface area (Å²) in [5.74, 6) is 3.36. The number of nitrogens with zero attached hydrogens (tertiary/aromatic N) is 1. The molecule has 4 saturated carbocycles. The summed E-state index contributed by atoms with van der Waals surface area (Å²) in [7, 11) is -1.07. The van der Waals surface area contributed by atoms with Crippen LogP contribution in [0, 0.1) is 23.2 Å². The van der Waals surface area contributed by atoms with Gasteiger partial charge in [-0.1, -0.05) is 6.92 Å². The van der Waals surface area contributed by atoms with Crippen LogP contribution in [-0.2, 0) is 10.8 Å². The van der Waals surface area contributed by atoms with Gasteiger partial charge in [-0.15, -0.1) is 11.3 Å². The molecule has 6 heteroatoms. The molecule has 4 aliphatic rings. The number of amides is 1. The number of nitrogens with one attached hydrogen (secondary N) is 1. The minimum Gasteiger partial charge on any atom is -0.351 e. The average molecular weight is 367 g/mol. The van der Waals surface area contributed by atoms with E-state index in [1.165, 1.54) is 49.9 Å². The Bertz CT molecular complexity index is 620. The van der Waals surface area contributed by atoms with E-state index in [9.17, 15) is 9.00 Å². The average Bonchev–Trinajstić information content (AvgIpc) is 3.02. The fourth-order valence-corrected chi connectivity index (χ4v) is 7.69. The Morgan fingerprint density at radius 2 is 1.92 bits per heavy atom. The van der Waals surface area contributed by atoms with E-state index in [4.69, 9.17) is 0 Å². The molecule has 1 aromatic heterocycles. The number of hydrogen-bond donors (Lipinski definition) is 1. The second-order valence-electron chi connectivity index (χ2n) is 8.05. The van der Waals surface area contributed by atoms with Crippen LogP contribution in [0.4, 0.5) is 0 Å². The Hall–Kier alpha value is -0.750. The smallest absolute Gasteiger partial charge is 0.263 e. The van der Waals surface area contributed by atoms with Crippen LogP contribution in [-0.4, -0.2) is 27.4 Å². The quantitative estimate of drug-likeness (QED) is 0.837. The fraction of sp³-hybridized carbons (Fsp3) is 0.778. The summed E-state index contributed by atoms with van der Waals surface area (Å²) in [5.41, 5.74) is 0.505. The molecule has 24 heavy (non-hydrogen) atoms. The Balaban J connectivity index is 1.32. The maximum atomic E-state index is 12.3. The van der Waals surface area contributed by atoms with Crippen LogP contribution in [0.15, 0.2) is 10.5 Å². The van der Waals surface area contributed by atoms with Crippen LogP contribution in [0.25, 0.3) is 0 Å². The second kappa shape index (κ2) is 6.52. The topological polar surface area (TPSA) is 59.1 Å². The highest BCUT2D eigenvalue weighted by Gasteiger charge is 2.50. The normalized spacial score (nSPS) is 35.1. The standard InChI is InChI=1S/C18H26N2O2S2/c1-2-24(22)17-20-11-15(23-17)16(21)19-4-3-18-8-12-5-13(9-18)7-14(6-12)10-18/h11-14H,2-10H2,1H3,(H,19,21). The summed E-state index contributed by atoms with van der Waals surface area (Å²) in [6, 6.07) is 0. The van der Waals surface area contributed by atoms with Crippen LogP contribution in [0.5, 0.6) is 0 Å². The molecule has 0 saturated heterocycles. The molecule has 0 aliphatic heterocycles. The Morgan fingerprint density at radius 1 is 1.29 bits per heavy atom. The van der Waals surface area contributed by atoms with Crippen molar-refractivity contribution in [2.24, 2.45) is 23.2 Å². The number of carbonyl (C=O) groups is 1. The van der Waals surface area contributed by atoms with E-state index in [1.807, 2.05) is 6.92 Å². The fourth-order valence-electron chi connectivity index (χ4n) is 5.72. The molecule has 1 aromatic rings. The van der Waals surface area contributed by atoms with Gasteiger partial charge in [0.2, 0.25) is 0 Å². The molecule has 4 fully saturated rings. The highest BCUT2D eigenvalue weighted by Crippen LogP contribution is 2.61. The van der Waals surface area contributed by atoms with Crippen LogP contribution >= 0.6 is 11.3 Å². The monoisotopic (exact) mass is 366 g/mol. The van der Waals surface area contributed by atoms with Gasteiger partial charge in [-0.25, -0.2) is 4.98 Å². The minimum atomic E-state index is -1.07. The third-order valence-electron chi connectivity index (χ3n) is 6.27. The zero-order valence-electron chi connectivity index (χ0n) is 14.3. The first-order chi connectivity index (χ1) is 11.6. The predicted molar refractivity (Wildman–Crippen MR) is 96.6 cm³/mol. The third kappa shape index (κ3) is 3.19. The van der Waals surface area contributed by atoms with Crippen molar-refractivity contribution < 1.29 is 9.00 Å². The molecule has 1 N–H and O–H groups in total. The molecular weight excluding hydrogens is 340 g/mol. The minimum absolute atomic E-state index is 0.0587. The van der Waals surface area contributed by atoms with E-state index < -0.39 is 10.8 Å². The van der Waals surface area contributed by atoms with Crippen molar-refractivity contribution in [3.8, 4) is 0 Å². The van der Waals surface area contributed by atoms with Crippen molar-refractivity contribution in [2.75, 3.05) is 12.3 Å². The predicted octanol–water partition coefficient (Wildman–Crippen LogP) is 3.61. The Morgan fingerprint density at radius 3 is 2.50 bits per heavy atom. The molecule has 1 atom stereocenters. The lowest BCUT2D eigenvalue weighted by atomic mass is 9.49. The van der Waals surface area contributed by atoms with Crippen molar-refractivity contribution in [1.29, 1.82) is 0 Å². The Kier molecular flexibility index (Phi) is 4.54. The van der Waals surface area contributed by atoms with Crippen LogP contribution < -0.4 is 5.32 Å². The van der Waals surface area contributed by atoms with Crippen LogP contribution in [0.2, 0.25) is 0 Å². The molecule has 4 bridgehead atoms. The molecule has 0 spiro atoms. The molecular formula is C18H26N2O2S2. The second-order valence-corrected chi connectivity index (χ2v) is 11.0. The number of hydrogen-bond acceptors (Lipinski definition) is 4. The largest absolute Gasteiger partial charge is 0.351 e. The first-order valence-electron chi connectivity index (χ1n) is 9.19. The third-order valence-corrected chi connectivity index (χ3v) is 8.89. The zero-order valence-corrected chi connectivity index (χ0v) is 15.9. The van der Waals surface area contributed by atoms with Gasteiger partial charge in [0.25, 0.3) is 5.91 Å². The lowest BCUT2D eigenvalue weighted by Crippen LogP contribution is -2.47. The molecule has 0 radical (unpaired) electrons. The first kappa shape index (κ1) is 16.7. The van der Waals surface area contributed by atoms with E-state index in [0.717, 1.165) is 30.7 Å². The maximum absolute atomic E-state index is 12.3. The molecule has 1 heterocycles. The van der Waals surface area contributed by atoms with Crippen molar-refractivity contribution >= 4 is 28.0 Å². The summed E-state index contributed by atoms with van der Waals surface area (Å²) < 4.78 is 12.3. The van der Waals surface area contributed by atoms with Crippen molar-refractivity contribution in [2.45, 2.75) is 56.2 Å². The van der Waals surface area contributed by atoms with E-state index in [1.54, 1.807) is 6.20 Å². The van der Waals surface area contributed by atoms with Gasteiger partial charge in [-0.05, 0) is 68.1 Å². The van der Waals surface area contributed by atoms with Gasteiger partial charge in [0, 0.05) is 12.3 Å².